The maximum absolute atomic E-state index is 13.4. The van der Waals surface area contributed by atoms with Gasteiger partial charge in [0.1, 0.15) is 5.82 Å². The van der Waals surface area contributed by atoms with Gasteiger partial charge < -0.3 is 10.5 Å². The molecular formula is C12H13BrFNO. The lowest BCUT2D eigenvalue weighted by molar-refractivity contribution is 0.221. The summed E-state index contributed by atoms with van der Waals surface area (Å²) in [5, 5.41) is 0. The molecule has 0 spiro atoms. The monoisotopic (exact) mass is 285 g/mol. The first kappa shape index (κ1) is 11.6. The molecular weight excluding hydrogens is 273 g/mol. The van der Waals surface area contributed by atoms with Gasteiger partial charge in [-0.25, -0.2) is 4.39 Å². The fraction of sp³-hybridized carbons (Fsp3) is 0.333. The van der Waals surface area contributed by atoms with Crippen LogP contribution in [0.25, 0.3) is 0 Å². The Kier molecular flexibility index (Phi) is 3.61. The Bertz CT molecular complexity index is 419. The van der Waals surface area contributed by atoms with Crippen molar-refractivity contribution >= 4 is 15.9 Å². The predicted octanol–water partition coefficient (Wildman–Crippen LogP) is 3.28. The van der Waals surface area contributed by atoms with Crippen molar-refractivity contribution in [1.29, 1.82) is 0 Å². The zero-order valence-electron chi connectivity index (χ0n) is 8.75. The van der Waals surface area contributed by atoms with E-state index >= 15 is 0 Å². The predicted molar refractivity (Wildman–Crippen MR) is 64.3 cm³/mol. The molecule has 1 unspecified atom stereocenters. The lowest BCUT2D eigenvalue weighted by Crippen LogP contribution is -2.16. The van der Waals surface area contributed by atoms with Crippen molar-refractivity contribution < 1.29 is 9.13 Å². The summed E-state index contributed by atoms with van der Waals surface area (Å²) in [4.78, 5) is 0. The van der Waals surface area contributed by atoms with Crippen molar-refractivity contribution in [3.8, 4) is 0 Å². The molecule has 0 radical (unpaired) electrons. The van der Waals surface area contributed by atoms with Crippen LogP contribution < -0.4 is 5.73 Å². The highest BCUT2D eigenvalue weighted by Crippen LogP contribution is 2.27. The molecule has 86 valence electrons. The highest BCUT2D eigenvalue weighted by atomic mass is 79.9. The summed E-state index contributed by atoms with van der Waals surface area (Å²) in [7, 11) is 0. The van der Waals surface area contributed by atoms with Gasteiger partial charge in [0.2, 0.25) is 0 Å². The number of halogens is 2. The van der Waals surface area contributed by atoms with Crippen molar-refractivity contribution in [2.45, 2.75) is 18.9 Å². The van der Waals surface area contributed by atoms with Crippen LogP contribution in [0.1, 0.15) is 24.4 Å². The summed E-state index contributed by atoms with van der Waals surface area (Å²) in [6.07, 6.45) is 3.59. The molecule has 1 atom stereocenters. The molecule has 0 aromatic heterocycles. The van der Waals surface area contributed by atoms with E-state index in [4.69, 9.17) is 10.5 Å². The van der Waals surface area contributed by atoms with Crippen molar-refractivity contribution in [3.63, 3.8) is 0 Å². The first-order chi connectivity index (χ1) is 7.68. The second-order valence-electron chi connectivity index (χ2n) is 3.82. The molecule has 0 saturated carbocycles. The summed E-state index contributed by atoms with van der Waals surface area (Å²) in [5.74, 6) is -0.287. The first-order valence-corrected chi connectivity index (χ1v) is 5.99. The van der Waals surface area contributed by atoms with E-state index in [1.54, 1.807) is 12.3 Å². The molecule has 16 heavy (non-hydrogen) atoms. The minimum absolute atomic E-state index is 0.275. The molecule has 1 aliphatic rings. The van der Waals surface area contributed by atoms with Gasteiger partial charge in [-0.1, -0.05) is 6.07 Å². The Balaban J connectivity index is 2.22. The Morgan fingerprint density at radius 1 is 1.44 bits per heavy atom. The third-order valence-electron chi connectivity index (χ3n) is 2.66. The molecule has 0 amide bonds. The topological polar surface area (TPSA) is 35.2 Å². The van der Waals surface area contributed by atoms with Crippen LogP contribution >= 0.6 is 15.9 Å². The fourth-order valence-electron chi connectivity index (χ4n) is 1.73. The summed E-state index contributed by atoms with van der Waals surface area (Å²) >= 11 is 3.12. The normalized spacial score (nSPS) is 17.6. The average Bonchev–Trinajstić information content (AvgIpc) is 2.33. The Morgan fingerprint density at radius 2 is 2.25 bits per heavy atom. The second-order valence-corrected chi connectivity index (χ2v) is 4.67. The van der Waals surface area contributed by atoms with Gasteiger partial charge >= 0.3 is 0 Å². The minimum Gasteiger partial charge on any atom is -0.501 e. The summed E-state index contributed by atoms with van der Waals surface area (Å²) in [5.41, 5.74) is 7.86. The molecule has 2 rings (SSSR count). The van der Waals surface area contributed by atoms with E-state index in [1.807, 2.05) is 6.07 Å². The molecule has 1 aromatic rings. The van der Waals surface area contributed by atoms with E-state index in [2.05, 4.69) is 15.9 Å². The van der Waals surface area contributed by atoms with Gasteiger partial charge in [0.15, 0.2) is 0 Å². The number of ether oxygens (including phenoxy) is 1. The van der Waals surface area contributed by atoms with Crippen LogP contribution in [0.15, 0.2) is 34.5 Å². The Labute approximate surface area is 102 Å². The quantitative estimate of drug-likeness (QED) is 0.905. The van der Waals surface area contributed by atoms with Crippen LogP contribution in [0.4, 0.5) is 4.39 Å². The summed E-state index contributed by atoms with van der Waals surface area (Å²) in [6, 6.07) is 4.69. The van der Waals surface area contributed by atoms with E-state index < -0.39 is 0 Å². The number of nitrogens with two attached hydrogens (primary N) is 1. The highest BCUT2D eigenvalue weighted by Gasteiger charge is 2.16. The maximum atomic E-state index is 13.4. The molecule has 2 N–H and O–H groups in total. The molecule has 0 bridgehead atoms. The van der Waals surface area contributed by atoms with Crippen molar-refractivity contribution in [3.05, 3.63) is 45.9 Å². The lowest BCUT2D eigenvalue weighted by atomic mass is 9.96. The van der Waals surface area contributed by atoms with Crippen LogP contribution in [0.5, 0.6) is 0 Å². The van der Waals surface area contributed by atoms with E-state index in [-0.39, 0.29) is 11.9 Å². The van der Waals surface area contributed by atoms with Gasteiger partial charge in [0.25, 0.3) is 0 Å². The van der Waals surface area contributed by atoms with Gasteiger partial charge in [-0.2, -0.15) is 0 Å². The molecule has 4 heteroatoms. The Hall–Kier alpha value is -0.870. The minimum atomic E-state index is -0.287. The Morgan fingerprint density at radius 3 is 2.88 bits per heavy atom. The first-order valence-electron chi connectivity index (χ1n) is 5.19. The third-order valence-corrected chi connectivity index (χ3v) is 3.31. The van der Waals surface area contributed by atoms with Crippen LogP contribution in [0.3, 0.4) is 0 Å². The molecule has 1 aliphatic heterocycles. The van der Waals surface area contributed by atoms with Gasteiger partial charge in [-0.15, -0.1) is 0 Å². The van der Waals surface area contributed by atoms with Gasteiger partial charge in [-0.3, -0.25) is 0 Å². The molecule has 1 heterocycles. The van der Waals surface area contributed by atoms with E-state index in [0.29, 0.717) is 4.47 Å². The van der Waals surface area contributed by atoms with Crippen LogP contribution in [0, 0.1) is 5.82 Å². The van der Waals surface area contributed by atoms with E-state index in [0.717, 1.165) is 30.6 Å². The fourth-order valence-corrected chi connectivity index (χ4v) is 1.98. The third kappa shape index (κ3) is 2.44. The standard InChI is InChI=1S/C12H13BrFNO/c13-10-4-3-8(6-11(10)14)12(15)9-2-1-5-16-7-9/h3-4,6-7,12H,1-2,5,15H2. The number of hydrogen-bond donors (Lipinski definition) is 1. The zero-order chi connectivity index (χ0) is 11.5. The molecule has 0 aliphatic carbocycles. The van der Waals surface area contributed by atoms with Crippen LogP contribution in [-0.4, -0.2) is 6.61 Å². The summed E-state index contributed by atoms with van der Waals surface area (Å²) in [6.45, 7) is 0.741. The van der Waals surface area contributed by atoms with Crippen molar-refractivity contribution in [2.24, 2.45) is 5.73 Å². The van der Waals surface area contributed by atoms with Gasteiger partial charge in [-0.05, 0) is 52.0 Å². The maximum Gasteiger partial charge on any atom is 0.137 e. The van der Waals surface area contributed by atoms with Crippen LogP contribution in [0.2, 0.25) is 0 Å². The number of hydrogen-bond acceptors (Lipinski definition) is 2. The van der Waals surface area contributed by atoms with Crippen molar-refractivity contribution in [2.75, 3.05) is 6.61 Å². The largest absolute Gasteiger partial charge is 0.501 e. The second kappa shape index (κ2) is 4.97. The number of benzene rings is 1. The number of rotatable bonds is 2. The lowest BCUT2D eigenvalue weighted by Gasteiger charge is -2.20. The highest BCUT2D eigenvalue weighted by molar-refractivity contribution is 9.10. The SMILES string of the molecule is NC(C1=COCCC1)c1ccc(Br)c(F)c1. The summed E-state index contributed by atoms with van der Waals surface area (Å²) < 4.78 is 19.0. The van der Waals surface area contributed by atoms with E-state index in [9.17, 15) is 4.39 Å². The average molecular weight is 286 g/mol. The molecule has 0 fully saturated rings. The van der Waals surface area contributed by atoms with Gasteiger partial charge in [0, 0.05) is 0 Å². The molecule has 0 saturated heterocycles. The van der Waals surface area contributed by atoms with Crippen LogP contribution in [-0.2, 0) is 4.74 Å². The molecule has 1 aromatic carbocycles. The van der Waals surface area contributed by atoms with Crippen molar-refractivity contribution in [1.82, 2.24) is 0 Å². The smallest absolute Gasteiger partial charge is 0.137 e. The van der Waals surface area contributed by atoms with E-state index in [1.165, 1.54) is 6.07 Å². The van der Waals surface area contributed by atoms with Gasteiger partial charge in [0.05, 0.1) is 23.4 Å². The zero-order valence-corrected chi connectivity index (χ0v) is 10.3. The molecule has 2 nitrogen and oxygen atoms in total.